The first-order chi connectivity index (χ1) is 21.5. The van der Waals surface area contributed by atoms with Crippen molar-refractivity contribution in [3.05, 3.63) is 113 Å². The minimum atomic E-state index is -4.88. The Morgan fingerprint density at radius 3 is 2.24 bits per heavy atom. The molecule has 1 aromatic heterocycles. The quantitative estimate of drug-likeness (QED) is 0.0969. The number of carbonyl (C=O) groups excluding carboxylic acids is 4. The number of carbonyl (C=O) groups is 4. The molecule has 0 bridgehead atoms. The molecule has 0 saturated carbocycles. The van der Waals surface area contributed by atoms with Crippen molar-refractivity contribution in [3.8, 4) is 17.3 Å². The number of benzene rings is 3. The van der Waals surface area contributed by atoms with E-state index in [0.717, 1.165) is 23.1 Å². The number of aromatic nitrogens is 1. The molecule has 0 spiro atoms. The zero-order chi connectivity index (χ0) is 32.3. The van der Waals surface area contributed by atoms with E-state index in [4.69, 9.17) is 4.74 Å². The average Bonchev–Trinajstić information content (AvgIpc) is 3.31. The number of anilines is 1. The highest BCUT2D eigenvalue weighted by Gasteiger charge is 2.42. The van der Waals surface area contributed by atoms with Gasteiger partial charge in [0.2, 0.25) is 11.8 Å². The second-order valence-corrected chi connectivity index (χ2v) is 10.8. The van der Waals surface area contributed by atoms with Crippen molar-refractivity contribution in [2.75, 3.05) is 11.5 Å². The van der Waals surface area contributed by atoms with Crippen LogP contribution in [-0.4, -0.2) is 40.4 Å². The van der Waals surface area contributed by atoms with Gasteiger partial charge in [-0.05, 0) is 54.6 Å². The summed E-state index contributed by atoms with van der Waals surface area (Å²) in [4.78, 5) is 55.9. The summed E-state index contributed by atoms with van der Waals surface area (Å²) in [6, 6.07) is 20.2. The molecule has 13 heteroatoms. The third kappa shape index (κ3) is 6.76. The van der Waals surface area contributed by atoms with Crippen LogP contribution in [0, 0.1) is 17.1 Å². The number of hydrogen-bond donors (Lipinski definition) is 0. The summed E-state index contributed by atoms with van der Waals surface area (Å²) in [6.45, 7) is -0.603. The van der Waals surface area contributed by atoms with Gasteiger partial charge < -0.3 is 4.74 Å². The van der Waals surface area contributed by atoms with Crippen molar-refractivity contribution in [2.45, 2.75) is 22.9 Å². The van der Waals surface area contributed by atoms with Crippen LogP contribution in [0.25, 0.3) is 11.3 Å². The lowest BCUT2D eigenvalue weighted by Crippen LogP contribution is -2.31. The molecule has 0 radical (unpaired) electrons. The maximum absolute atomic E-state index is 13.9. The Balaban J connectivity index is 1.32. The number of ketones is 1. The van der Waals surface area contributed by atoms with Crippen LogP contribution in [-0.2, 0) is 20.5 Å². The molecule has 4 aromatic rings. The molecule has 1 atom stereocenters. The van der Waals surface area contributed by atoms with E-state index in [1.54, 1.807) is 36.4 Å². The number of imide groups is 1. The molecule has 1 unspecified atom stereocenters. The molecule has 1 aliphatic rings. The van der Waals surface area contributed by atoms with Crippen molar-refractivity contribution < 1.29 is 41.5 Å². The van der Waals surface area contributed by atoms with E-state index in [1.807, 2.05) is 0 Å². The summed E-state index contributed by atoms with van der Waals surface area (Å²) in [5, 5.41) is 8.10. The Morgan fingerprint density at radius 2 is 1.62 bits per heavy atom. The Morgan fingerprint density at radius 1 is 0.978 bits per heavy atom. The van der Waals surface area contributed by atoms with Crippen LogP contribution in [0.2, 0.25) is 0 Å². The fraction of sp³-hybridized carbons (Fsp3) is 0.125. The van der Waals surface area contributed by atoms with Crippen LogP contribution in [0.15, 0.2) is 90.0 Å². The lowest BCUT2D eigenvalue weighted by atomic mass is 10.1. The van der Waals surface area contributed by atoms with E-state index < -0.39 is 58.5 Å². The first-order valence-electron chi connectivity index (χ1n) is 13.1. The first kappa shape index (κ1) is 31.1. The molecule has 0 N–H and O–H groups in total. The maximum Gasteiger partial charge on any atom is 0.417 e. The predicted molar refractivity (Wildman–Crippen MR) is 154 cm³/mol. The molecule has 1 aliphatic heterocycles. The maximum atomic E-state index is 13.9. The minimum absolute atomic E-state index is 0.0101. The molecule has 226 valence electrons. The van der Waals surface area contributed by atoms with Gasteiger partial charge in [0.25, 0.3) is 0 Å². The molecular weight excluding hydrogens is 614 g/mol. The van der Waals surface area contributed by atoms with Crippen LogP contribution in [0.4, 0.5) is 23.2 Å². The summed E-state index contributed by atoms with van der Waals surface area (Å²) >= 11 is 0.596. The number of esters is 1. The minimum Gasteiger partial charge on any atom is -0.454 e. The average molecular weight is 634 g/mol. The normalized spacial score (nSPS) is 14.7. The lowest BCUT2D eigenvalue weighted by molar-refractivity contribution is -0.138. The predicted octanol–water partition coefficient (Wildman–Crippen LogP) is 6.24. The van der Waals surface area contributed by atoms with Crippen molar-refractivity contribution >= 4 is 41.0 Å². The van der Waals surface area contributed by atoms with Crippen LogP contribution in [0.5, 0.6) is 0 Å². The molecule has 45 heavy (non-hydrogen) atoms. The van der Waals surface area contributed by atoms with Crippen molar-refractivity contribution in [1.29, 1.82) is 5.26 Å². The largest absolute Gasteiger partial charge is 0.454 e. The van der Waals surface area contributed by atoms with Gasteiger partial charge in [-0.25, -0.2) is 19.1 Å². The number of hydrogen-bond acceptors (Lipinski definition) is 8. The molecule has 1 fully saturated rings. The number of ether oxygens (including phenoxy) is 1. The van der Waals surface area contributed by atoms with Crippen LogP contribution in [0.1, 0.15) is 38.3 Å². The standard InChI is InChI=1S/C32H19F4N3O5S/c33-21-10-6-19(7-11-21)26(40)17-44-31(43)20-8-12-22(13-9-20)39-28(41)15-27(30(39)42)45-29-23(16-37)24(32(34,35)36)14-25(38-29)18-4-2-1-3-5-18/h1-14,27H,15,17H2. The van der Waals surface area contributed by atoms with Crippen LogP contribution < -0.4 is 4.90 Å². The highest BCUT2D eigenvalue weighted by atomic mass is 32.2. The van der Waals surface area contributed by atoms with Crippen molar-refractivity contribution in [2.24, 2.45) is 0 Å². The third-order valence-corrected chi connectivity index (χ3v) is 7.87. The molecule has 3 aromatic carbocycles. The number of pyridine rings is 1. The van der Waals surface area contributed by atoms with Crippen molar-refractivity contribution in [1.82, 2.24) is 4.98 Å². The first-order valence-corrected chi connectivity index (χ1v) is 14.0. The lowest BCUT2D eigenvalue weighted by Gasteiger charge is -2.17. The smallest absolute Gasteiger partial charge is 0.417 e. The van der Waals surface area contributed by atoms with Crippen LogP contribution >= 0.6 is 11.8 Å². The highest BCUT2D eigenvalue weighted by Crippen LogP contribution is 2.41. The molecular formula is C32H19F4N3O5S. The van der Waals surface area contributed by atoms with Crippen molar-refractivity contribution in [3.63, 3.8) is 0 Å². The van der Waals surface area contributed by atoms with Crippen LogP contribution in [0.3, 0.4) is 0 Å². The number of Topliss-reactive ketones (excluding diaryl/α,β-unsaturated/α-hetero) is 1. The molecule has 0 aliphatic carbocycles. The van der Waals surface area contributed by atoms with Gasteiger partial charge in [-0.3, -0.25) is 14.4 Å². The summed E-state index contributed by atoms with van der Waals surface area (Å²) in [6.07, 6.45) is -5.26. The van der Waals surface area contributed by atoms with Gasteiger partial charge in [0.15, 0.2) is 12.4 Å². The molecule has 2 heterocycles. The number of halogens is 4. The Bertz CT molecular complexity index is 1840. The van der Waals surface area contributed by atoms with E-state index in [-0.39, 0.29) is 34.0 Å². The monoisotopic (exact) mass is 633 g/mol. The number of nitrogens with zero attached hydrogens (tertiary/aromatic N) is 3. The molecule has 1 saturated heterocycles. The summed E-state index contributed by atoms with van der Waals surface area (Å²) in [5.41, 5.74) is -1.41. The van der Waals surface area contributed by atoms with Gasteiger partial charge in [0, 0.05) is 17.5 Å². The van der Waals surface area contributed by atoms with Gasteiger partial charge >= 0.3 is 12.1 Å². The van der Waals surface area contributed by atoms with E-state index in [2.05, 4.69) is 4.98 Å². The zero-order valence-corrected chi connectivity index (χ0v) is 23.7. The fourth-order valence-corrected chi connectivity index (χ4v) is 5.60. The highest BCUT2D eigenvalue weighted by molar-refractivity contribution is 8.00. The van der Waals surface area contributed by atoms with Gasteiger partial charge in [0.05, 0.1) is 33.3 Å². The second-order valence-electron chi connectivity index (χ2n) is 9.64. The number of alkyl halides is 3. The Kier molecular flexibility index (Phi) is 8.78. The van der Waals surface area contributed by atoms with Gasteiger partial charge in [-0.1, -0.05) is 42.1 Å². The van der Waals surface area contributed by atoms with E-state index >= 15 is 0 Å². The Hall–Kier alpha value is -5.35. The van der Waals surface area contributed by atoms with Gasteiger partial charge in [-0.15, -0.1) is 0 Å². The number of thioether (sulfide) groups is 1. The third-order valence-electron chi connectivity index (χ3n) is 6.69. The topological polar surface area (TPSA) is 117 Å². The fourth-order valence-electron chi connectivity index (χ4n) is 4.48. The van der Waals surface area contributed by atoms with Gasteiger partial charge in [-0.2, -0.15) is 18.4 Å². The summed E-state index contributed by atoms with van der Waals surface area (Å²) in [7, 11) is 0. The summed E-state index contributed by atoms with van der Waals surface area (Å²) < 4.78 is 59.9. The SMILES string of the molecule is N#Cc1c(C(F)(F)F)cc(-c2ccccc2)nc1SC1CC(=O)N(c2ccc(C(=O)OCC(=O)c3ccc(F)cc3)cc2)C1=O. The second kappa shape index (κ2) is 12.7. The zero-order valence-electron chi connectivity index (χ0n) is 22.9. The molecule has 8 nitrogen and oxygen atoms in total. The Labute approximate surface area is 257 Å². The number of nitriles is 1. The van der Waals surface area contributed by atoms with E-state index in [1.165, 1.54) is 36.4 Å². The summed E-state index contributed by atoms with van der Waals surface area (Å²) in [5.74, 6) is -3.33. The van der Waals surface area contributed by atoms with E-state index in [9.17, 15) is 42.0 Å². The molecule has 5 rings (SSSR count). The van der Waals surface area contributed by atoms with E-state index in [0.29, 0.717) is 17.3 Å². The molecule has 2 amide bonds. The van der Waals surface area contributed by atoms with Gasteiger partial charge in [0.1, 0.15) is 16.9 Å². The number of amides is 2. The number of rotatable bonds is 8.